The topological polar surface area (TPSA) is 67.6 Å². The highest BCUT2D eigenvalue weighted by Gasteiger charge is 2.16. The van der Waals surface area contributed by atoms with Gasteiger partial charge in [0.2, 0.25) is 5.91 Å². The maximum atomic E-state index is 13.1. The number of benzene rings is 2. The van der Waals surface area contributed by atoms with Gasteiger partial charge < -0.3 is 14.6 Å². The molecular weight excluding hydrogens is 361 g/mol. The van der Waals surface area contributed by atoms with E-state index in [1.807, 2.05) is 18.9 Å². The number of hydrogen-bond donors (Lipinski definition) is 1. The number of rotatable bonds is 7. The normalized spacial score (nSPS) is 10.9. The van der Waals surface area contributed by atoms with Crippen molar-refractivity contribution in [2.45, 2.75) is 13.5 Å². The zero-order valence-electron chi connectivity index (χ0n) is 16.0. The molecule has 0 atom stereocenters. The molecule has 1 amide bonds. The second-order valence-electron chi connectivity index (χ2n) is 6.54. The second-order valence-corrected chi connectivity index (χ2v) is 6.54. The summed E-state index contributed by atoms with van der Waals surface area (Å²) < 4.78 is 23.6. The number of nitrogens with zero attached hydrogens (tertiary/aromatic N) is 2. The number of aromatic nitrogens is 1. The SMILES string of the molecule is COc1ccc(NC(=O)CN(C)Cc2noc(-c3ccc(F)cc3)c2C)cc1. The van der Waals surface area contributed by atoms with Crippen molar-refractivity contribution in [2.75, 3.05) is 26.0 Å². The fraction of sp³-hybridized carbons (Fsp3) is 0.238. The van der Waals surface area contributed by atoms with Crippen molar-refractivity contribution in [1.82, 2.24) is 10.1 Å². The van der Waals surface area contributed by atoms with Gasteiger partial charge in [0.15, 0.2) is 5.76 Å². The van der Waals surface area contributed by atoms with E-state index in [4.69, 9.17) is 9.26 Å². The molecule has 0 saturated carbocycles. The third kappa shape index (κ3) is 4.75. The largest absolute Gasteiger partial charge is 0.497 e. The molecule has 7 heteroatoms. The van der Waals surface area contributed by atoms with E-state index in [2.05, 4.69) is 10.5 Å². The Labute approximate surface area is 162 Å². The second kappa shape index (κ2) is 8.67. The number of amides is 1. The van der Waals surface area contributed by atoms with Crippen LogP contribution >= 0.6 is 0 Å². The maximum Gasteiger partial charge on any atom is 0.238 e. The first-order chi connectivity index (χ1) is 13.5. The lowest BCUT2D eigenvalue weighted by Crippen LogP contribution is -2.30. The third-order valence-electron chi connectivity index (χ3n) is 4.33. The van der Waals surface area contributed by atoms with Gasteiger partial charge in [0, 0.05) is 23.4 Å². The van der Waals surface area contributed by atoms with E-state index in [9.17, 15) is 9.18 Å². The molecule has 3 rings (SSSR count). The number of carbonyl (C=O) groups is 1. The Morgan fingerprint density at radius 1 is 1.18 bits per heavy atom. The van der Waals surface area contributed by atoms with Gasteiger partial charge in [-0.15, -0.1) is 0 Å². The Morgan fingerprint density at radius 2 is 1.86 bits per heavy atom. The summed E-state index contributed by atoms with van der Waals surface area (Å²) >= 11 is 0. The van der Waals surface area contributed by atoms with E-state index >= 15 is 0 Å². The molecule has 0 fully saturated rings. The summed E-state index contributed by atoms with van der Waals surface area (Å²) in [6.07, 6.45) is 0. The molecule has 28 heavy (non-hydrogen) atoms. The molecule has 2 aromatic carbocycles. The van der Waals surface area contributed by atoms with Crippen LogP contribution in [0.3, 0.4) is 0 Å². The predicted molar refractivity (Wildman–Crippen MR) is 105 cm³/mol. The van der Waals surface area contributed by atoms with Crippen molar-refractivity contribution in [3.8, 4) is 17.1 Å². The summed E-state index contributed by atoms with van der Waals surface area (Å²) in [4.78, 5) is 14.1. The minimum Gasteiger partial charge on any atom is -0.497 e. The molecule has 1 heterocycles. The van der Waals surface area contributed by atoms with Crippen molar-refractivity contribution in [3.63, 3.8) is 0 Å². The van der Waals surface area contributed by atoms with Crippen LogP contribution in [0.25, 0.3) is 11.3 Å². The van der Waals surface area contributed by atoms with Crippen molar-refractivity contribution in [3.05, 3.63) is 65.6 Å². The molecule has 0 saturated heterocycles. The van der Waals surface area contributed by atoms with Gasteiger partial charge >= 0.3 is 0 Å². The molecule has 0 aliphatic heterocycles. The van der Waals surface area contributed by atoms with Gasteiger partial charge in [-0.1, -0.05) is 5.16 Å². The molecule has 0 aliphatic rings. The highest BCUT2D eigenvalue weighted by Crippen LogP contribution is 2.26. The third-order valence-corrected chi connectivity index (χ3v) is 4.33. The molecule has 6 nitrogen and oxygen atoms in total. The van der Waals surface area contributed by atoms with Crippen LogP contribution in [-0.2, 0) is 11.3 Å². The van der Waals surface area contributed by atoms with E-state index in [1.165, 1.54) is 12.1 Å². The van der Waals surface area contributed by atoms with Crippen LogP contribution in [0.2, 0.25) is 0 Å². The van der Waals surface area contributed by atoms with Gasteiger partial charge in [-0.25, -0.2) is 4.39 Å². The smallest absolute Gasteiger partial charge is 0.238 e. The maximum absolute atomic E-state index is 13.1. The van der Waals surface area contributed by atoms with Crippen molar-refractivity contribution < 1.29 is 18.4 Å². The molecular formula is C21H22FN3O3. The van der Waals surface area contributed by atoms with Gasteiger partial charge in [0.1, 0.15) is 17.3 Å². The summed E-state index contributed by atoms with van der Waals surface area (Å²) in [7, 11) is 3.43. The van der Waals surface area contributed by atoms with Crippen LogP contribution in [0, 0.1) is 12.7 Å². The molecule has 146 valence electrons. The summed E-state index contributed by atoms with van der Waals surface area (Å²) in [5.74, 6) is 0.899. The summed E-state index contributed by atoms with van der Waals surface area (Å²) in [6, 6.07) is 13.2. The van der Waals surface area contributed by atoms with Crippen LogP contribution < -0.4 is 10.1 Å². The lowest BCUT2D eigenvalue weighted by atomic mass is 10.1. The Kier molecular flexibility index (Phi) is 6.06. The molecule has 0 radical (unpaired) electrons. The molecule has 0 spiro atoms. The van der Waals surface area contributed by atoms with E-state index in [1.54, 1.807) is 43.5 Å². The number of nitrogens with one attached hydrogen (secondary N) is 1. The molecule has 0 unspecified atom stereocenters. The number of anilines is 1. The number of likely N-dealkylation sites (N-methyl/N-ethyl adjacent to an activating group) is 1. The van der Waals surface area contributed by atoms with Crippen molar-refractivity contribution in [1.29, 1.82) is 0 Å². The van der Waals surface area contributed by atoms with Crippen LogP contribution in [-0.4, -0.2) is 36.7 Å². The van der Waals surface area contributed by atoms with Crippen molar-refractivity contribution >= 4 is 11.6 Å². The fourth-order valence-corrected chi connectivity index (χ4v) is 2.82. The quantitative estimate of drug-likeness (QED) is 0.671. The standard InChI is InChI=1S/C21H22FN3O3/c1-14-19(24-28-21(14)15-4-6-16(22)7-5-15)12-25(2)13-20(26)23-17-8-10-18(27-3)11-9-17/h4-11H,12-13H2,1-3H3,(H,23,26). The van der Waals surface area contributed by atoms with Crippen LogP contribution in [0.15, 0.2) is 53.1 Å². The number of carbonyl (C=O) groups excluding carboxylic acids is 1. The van der Waals surface area contributed by atoms with Gasteiger partial charge in [-0.2, -0.15) is 0 Å². The van der Waals surface area contributed by atoms with Crippen molar-refractivity contribution in [2.24, 2.45) is 0 Å². The predicted octanol–water partition coefficient (Wildman–Crippen LogP) is 3.87. The Bertz CT molecular complexity index is 937. The van der Waals surface area contributed by atoms with Crippen LogP contribution in [0.4, 0.5) is 10.1 Å². The van der Waals surface area contributed by atoms with Gasteiger partial charge in [-0.3, -0.25) is 9.69 Å². The van der Waals surface area contributed by atoms with Gasteiger partial charge in [0.05, 0.1) is 13.7 Å². The number of hydrogen-bond acceptors (Lipinski definition) is 5. The lowest BCUT2D eigenvalue weighted by molar-refractivity contribution is -0.117. The molecule has 0 aliphatic carbocycles. The minimum absolute atomic E-state index is 0.132. The van der Waals surface area contributed by atoms with Crippen LogP contribution in [0.1, 0.15) is 11.3 Å². The first-order valence-corrected chi connectivity index (χ1v) is 8.80. The molecule has 0 bridgehead atoms. The summed E-state index contributed by atoms with van der Waals surface area (Å²) in [5, 5.41) is 6.95. The lowest BCUT2D eigenvalue weighted by Gasteiger charge is -2.15. The van der Waals surface area contributed by atoms with Crippen LogP contribution in [0.5, 0.6) is 5.75 Å². The highest BCUT2D eigenvalue weighted by molar-refractivity contribution is 5.92. The zero-order valence-corrected chi connectivity index (χ0v) is 16.0. The first kappa shape index (κ1) is 19.6. The highest BCUT2D eigenvalue weighted by atomic mass is 19.1. The van der Waals surface area contributed by atoms with E-state index < -0.39 is 0 Å². The monoisotopic (exact) mass is 383 g/mol. The summed E-state index contributed by atoms with van der Waals surface area (Å²) in [5.41, 5.74) is 3.07. The van der Waals surface area contributed by atoms with E-state index in [-0.39, 0.29) is 18.3 Å². The number of methoxy groups -OCH3 is 1. The molecule has 1 aromatic heterocycles. The zero-order chi connectivity index (χ0) is 20.1. The minimum atomic E-state index is -0.302. The average Bonchev–Trinajstić information content (AvgIpc) is 3.03. The fourth-order valence-electron chi connectivity index (χ4n) is 2.82. The summed E-state index contributed by atoms with van der Waals surface area (Å²) in [6.45, 7) is 2.55. The molecule has 3 aromatic rings. The van der Waals surface area contributed by atoms with Gasteiger partial charge in [-0.05, 0) is 62.5 Å². The van der Waals surface area contributed by atoms with Gasteiger partial charge in [0.25, 0.3) is 0 Å². The molecule has 1 N–H and O–H groups in total. The average molecular weight is 383 g/mol. The van der Waals surface area contributed by atoms with E-state index in [0.29, 0.717) is 18.0 Å². The Hall–Kier alpha value is -3.19. The number of ether oxygens (including phenoxy) is 1. The first-order valence-electron chi connectivity index (χ1n) is 8.80. The van der Waals surface area contributed by atoms with E-state index in [0.717, 1.165) is 22.6 Å². The Morgan fingerprint density at radius 3 is 2.50 bits per heavy atom. The number of halogens is 1. The Balaban J connectivity index is 1.59.